The number of rotatable bonds is 5. The Hall–Kier alpha value is 0.0569. The molecule has 0 spiro atoms. The molecule has 0 saturated heterocycles. The van der Waals surface area contributed by atoms with Crippen LogP contribution in [0.4, 0.5) is 0 Å². The molecule has 0 aliphatic rings. The molecule has 0 aliphatic heterocycles. The zero-order chi connectivity index (χ0) is 9.78. The molecule has 5 N–H and O–H groups in total. The predicted octanol–water partition coefficient (Wildman–Crippen LogP) is 1.50. The second kappa shape index (κ2) is 6.50. The van der Waals surface area contributed by atoms with Crippen LogP contribution < -0.4 is 11.9 Å². The Morgan fingerprint density at radius 1 is 1.23 bits per heavy atom. The Morgan fingerprint density at radius 2 is 1.62 bits per heavy atom. The maximum Gasteiger partial charge on any atom is 0.334 e. The SMILES string of the molecule is CO[Si](C)(CC(C)C(C)N)OC.N. The van der Waals surface area contributed by atoms with Gasteiger partial charge in [0.05, 0.1) is 0 Å². The fourth-order valence-corrected chi connectivity index (χ4v) is 3.06. The highest BCUT2D eigenvalue weighted by molar-refractivity contribution is 6.66. The molecule has 0 aromatic heterocycles. The van der Waals surface area contributed by atoms with E-state index in [1.165, 1.54) is 0 Å². The first-order chi connectivity index (χ1) is 5.45. The maximum absolute atomic E-state index is 5.76. The topological polar surface area (TPSA) is 79.5 Å². The Morgan fingerprint density at radius 3 is 1.85 bits per heavy atom. The van der Waals surface area contributed by atoms with E-state index >= 15 is 0 Å². The molecule has 0 radical (unpaired) electrons. The molecule has 0 aliphatic carbocycles. The Balaban J connectivity index is 0. The van der Waals surface area contributed by atoms with Gasteiger partial charge in [-0.2, -0.15) is 0 Å². The van der Waals surface area contributed by atoms with Gasteiger partial charge in [-0.1, -0.05) is 6.92 Å². The summed E-state index contributed by atoms with van der Waals surface area (Å²) in [6, 6.07) is 1.17. The van der Waals surface area contributed by atoms with Gasteiger partial charge in [-0.15, -0.1) is 0 Å². The largest absolute Gasteiger partial charge is 0.398 e. The van der Waals surface area contributed by atoms with Crippen LogP contribution in [-0.2, 0) is 8.85 Å². The van der Waals surface area contributed by atoms with Crippen molar-refractivity contribution in [3.05, 3.63) is 0 Å². The Labute approximate surface area is 82.6 Å². The van der Waals surface area contributed by atoms with E-state index in [4.69, 9.17) is 14.6 Å². The van der Waals surface area contributed by atoms with Crippen molar-refractivity contribution in [2.45, 2.75) is 32.5 Å². The van der Waals surface area contributed by atoms with Crippen LogP contribution in [0.3, 0.4) is 0 Å². The molecule has 0 bridgehead atoms. The molecular weight excluding hydrogens is 184 g/mol. The van der Waals surface area contributed by atoms with Gasteiger partial charge in [-0.3, -0.25) is 0 Å². The fraction of sp³-hybridized carbons (Fsp3) is 1.00. The fourth-order valence-electron chi connectivity index (χ4n) is 1.02. The van der Waals surface area contributed by atoms with E-state index in [1.807, 2.05) is 6.92 Å². The van der Waals surface area contributed by atoms with Crippen molar-refractivity contribution in [3.8, 4) is 0 Å². The quantitative estimate of drug-likeness (QED) is 0.671. The van der Waals surface area contributed by atoms with Crippen molar-refractivity contribution < 1.29 is 8.85 Å². The van der Waals surface area contributed by atoms with Gasteiger partial charge in [-0.25, -0.2) is 0 Å². The lowest BCUT2D eigenvalue weighted by molar-refractivity contribution is 0.240. The molecule has 0 heterocycles. The molecule has 5 heteroatoms. The van der Waals surface area contributed by atoms with E-state index in [9.17, 15) is 0 Å². The van der Waals surface area contributed by atoms with Crippen molar-refractivity contribution in [3.63, 3.8) is 0 Å². The third-order valence-corrected chi connectivity index (χ3v) is 5.57. The van der Waals surface area contributed by atoms with Crippen LogP contribution in [0.1, 0.15) is 13.8 Å². The number of nitrogens with two attached hydrogens (primary N) is 1. The van der Waals surface area contributed by atoms with Crippen molar-refractivity contribution >= 4 is 8.56 Å². The molecule has 0 fully saturated rings. The smallest absolute Gasteiger partial charge is 0.334 e. The maximum atomic E-state index is 5.76. The average Bonchev–Trinajstić information content (AvgIpc) is 2.04. The van der Waals surface area contributed by atoms with Gasteiger partial charge < -0.3 is 20.7 Å². The van der Waals surface area contributed by atoms with Crippen LogP contribution in [0.2, 0.25) is 12.6 Å². The van der Waals surface area contributed by atoms with Crippen LogP contribution >= 0.6 is 0 Å². The minimum Gasteiger partial charge on any atom is -0.398 e. The molecule has 0 amide bonds. The lowest BCUT2D eigenvalue weighted by atomic mass is 10.1. The molecule has 0 aromatic carbocycles. The summed E-state index contributed by atoms with van der Waals surface area (Å²) in [5, 5.41) is 0. The highest BCUT2D eigenvalue weighted by atomic mass is 28.4. The van der Waals surface area contributed by atoms with E-state index in [0.29, 0.717) is 5.92 Å². The van der Waals surface area contributed by atoms with Gasteiger partial charge in [0.1, 0.15) is 0 Å². The third-order valence-electron chi connectivity index (χ3n) is 2.45. The average molecular weight is 208 g/mol. The normalized spacial score (nSPS) is 16.2. The van der Waals surface area contributed by atoms with Gasteiger partial charge in [0.2, 0.25) is 0 Å². The van der Waals surface area contributed by atoms with E-state index in [2.05, 4.69) is 13.5 Å². The lowest BCUT2D eigenvalue weighted by Gasteiger charge is -2.27. The molecule has 4 nitrogen and oxygen atoms in total. The Kier molecular flexibility index (Phi) is 7.76. The lowest BCUT2D eigenvalue weighted by Crippen LogP contribution is -2.41. The van der Waals surface area contributed by atoms with E-state index < -0.39 is 8.56 Å². The summed E-state index contributed by atoms with van der Waals surface area (Å²) in [4.78, 5) is 0. The number of hydrogen-bond donors (Lipinski definition) is 2. The summed E-state index contributed by atoms with van der Waals surface area (Å²) in [5.74, 6) is 0.460. The van der Waals surface area contributed by atoms with E-state index in [1.54, 1.807) is 14.2 Å². The first kappa shape index (κ1) is 15.5. The van der Waals surface area contributed by atoms with Crippen LogP contribution in [0.25, 0.3) is 0 Å². The first-order valence-electron chi connectivity index (χ1n) is 4.31. The molecule has 0 aromatic rings. The zero-order valence-electron chi connectivity index (χ0n) is 9.46. The molecule has 2 atom stereocenters. The summed E-state index contributed by atoms with van der Waals surface area (Å²) in [5.41, 5.74) is 5.76. The van der Waals surface area contributed by atoms with Gasteiger partial charge in [0.15, 0.2) is 0 Å². The minimum absolute atomic E-state index is 0. The van der Waals surface area contributed by atoms with Gasteiger partial charge in [0.25, 0.3) is 0 Å². The molecule has 0 saturated carbocycles. The van der Waals surface area contributed by atoms with Gasteiger partial charge in [-0.05, 0) is 25.4 Å². The Bertz CT molecular complexity index is 129. The summed E-state index contributed by atoms with van der Waals surface area (Å²) in [7, 11) is 1.52. The van der Waals surface area contributed by atoms with Crippen molar-refractivity contribution in [1.82, 2.24) is 6.15 Å². The zero-order valence-corrected chi connectivity index (χ0v) is 10.5. The van der Waals surface area contributed by atoms with Crippen molar-refractivity contribution in [2.75, 3.05) is 14.2 Å². The molecular formula is C8H24N2O2Si. The molecule has 13 heavy (non-hydrogen) atoms. The number of hydrogen-bond acceptors (Lipinski definition) is 4. The van der Waals surface area contributed by atoms with Crippen LogP contribution in [0.15, 0.2) is 0 Å². The molecule has 82 valence electrons. The van der Waals surface area contributed by atoms with Crippen LogP contribution in [0.5, 0.6) is 0 Å². The molecule has 2 unspecified atom stereocenters. The van der Waals surface area contributed by atoms with Gasteiger partial charge in [0, 0.05) is 20.3 Å². The highest BCUT2D eigenvalue weighted by Crippen LogP contribution is 2.19. The van der Waals surface area contributed by atoms with Crippen LogP contribution in [0, 0.1) is 5.92 Å². The third kappa shape index (κ3) is 5.38. The van der Waals surface area contributed by atoms with Crippen molar-refractivity contribution in [1.29, 1.82) is 0 Å². The summed E-state index contributed by atoms with van der Waals surface area (Å²) < 4.78 is 10.7. The predicted molar refractivity (Wildman–Crippen MR) is 58.3 cm³/mol. The summed E-state index contributed by atoms with van der Waals surface area (Å²) in [6.45, 7) is 6.21. The second-order valence-electron chi connectivity index (χ2n) is 3.58. The monoisotopic (exact) mass is 208 g/mol. The standard InChI is InChI=1S/C8H21NO2Si.H3N/c1-7(8(2)9)6-12(5,10-3)11-4;/h7-8H,6,9H2,1-5H3;1H3. The minimum atomic E-state index is -1.90. The second-order valence-corrected chi connectivity index (χ2v) is 7.07. The van der Waals surface area contributed by atoms with Gasteiger partial charge >= 0.3 is 8.56 Å². The summed E-state index contributed by atoms with van der Waals surface area (Å²) in [6.07, 6.45) is 0. The first-order valence-corrected chi connectivity index (χ1v) is 6.83. The highest BCUT2D eigenvalue weighted by Gasteiger charge is 2.31. The van der Waals surface area contributed by atoms with Crippen LogP contribution in [-0.4, -0.2) is 28.8 Å². The van der Waals surface area contributed by atoms with Crippen molar-refractivity contribution in [2.24, 2.45) is 11.7 Å². The van der Waals surface area contributed by atoms with E-state index in [0.717, 1.165) is 6.04 Å². The van der Waals surface area contributed by atoms with E-state index in [-0.39, 0.29) is 12.2 Å². The molecule has 0 rings (SSSR count). The summed E-state index contributed by atoms with van der Waals surface area (Å²) >= 11 is 0.